The number of hydrogen-bond donors (Lipinski definition) is 1. The molecule has 0 radical (unpaired) electrons. The number of halogens is 4. The molecule has 0 aromatic heterocycles. The monoisotopic (exact) mass is 291 g/mol. The lowest BCUT2D eigenvalue weighted by molar-refractivity contribution is -0.141. The molecule has 112 valence electrons. The second-order valence-electron chi connectivity index (χ2n) is 4.98. The molecule has 6 heteroatoms. The first-order valence-corrected chi connectivity index (χ1v) is 6.56. The average Bonchev–Trinajstić information content (AvgIpc) is 2.39. The first kappa shape index (κ1) is 15.3. The average molecular weight is 291 g/mol. The molecule has 0 amide bonds. The number of ether oxygens (including phenoxy) is 1. The van der Waals surface area contributed by atoms with Gasteiger partial charge in [0, 0.05) is 19.1 Å². The number of rotatable bonds is 3. The summed E-state index contributed by atoms with van der Waals surface area (Å²) >= 11 is 0. The summed E-state index contributed by atoms with van der Waals surface area (Å²) in [5, 5.41) is 2.97. The summed E-state index contributed by atoms with van der Waals surface area (Å²) in [6.07, 6.45) is -3.61. The van der Waals surface area contributed by atoms with Gasteiger partial charge in [-0.05, 0) is 37.6 Å². The highest BCUT2D eigenvalue weighted by Gasteiger charge is 2.38. The zero-order valence-electron chi connectivity index (χ0n) is 11.1. The minimum Gasteiger partial charge on any atom is -0.373 e. The Balaban J connectivity index is 2.39. The minimum atomic E-state index is -4.58. The van der Waals surface area contributed by atoms with E-state index in [1.54, 1.807) is 7.05 Å². The van der Waals surface area contributed by atoms with Gasteiger partial charge in [0.25, 0.3) is 0 Å². The van der Waals surface area contributed by atoms with E-state index in [9.17, 15) is 17.6 Å². The van der Waals surface area contributed by atoms with Crippen LogP contribution in [-0.2, 0) is 10.9 Å². The van der Waals surface area contributed by atoms with Gasteiger partial charge in [0.2, 0.25) is 0 Å². The van der Waals surface area contributed by atoms with Crippen molar-refractivity contribution in [2.75, 3.05) is 20.2 Å². The van der Waals surface area contributed by atoms with Crippen LogP contribution in [0.2, 0.25) is 0 Å². The van der Waals surface area contributed by atoms with Crippen molar-refractivity contribution in [3.8, 4) is 0 Å². The van der Waals surface area contributed by atoms with E-state index in [1.807, 2.05) is 0 Å². The summed E-state index contributed by atoms with van der Waals surface area (Å²) in [4.78, 5) is 0. The number of benzene rings is 1. The molecule has 1 aliphatic rings. The van der Waals surface area contributed by atoms with Crippen LogP contribution in [0.1, 0.15) is 30.1 Å². The number of nitrogens with one attached hydrogen (secondary N) is 1. The molecular weight excluding hydrogens is 274 g/mol. The zero-order chi connectivity index (χ0) is 14.8. The Hall–Kier alpha value is -1.14. The maximum atomic E-state index is 13.1. The highest BCUT2D eigenvalue weighted by atomic mass is 19.4. The smallest absolute Gasteiger partial charge is 0.373 e. The molecule has 1 N–H and O–H groups in total. The number of alkyl halides is 3. The molecular formula is C14H17F4NO. The fourth-order valence-corrected chi connectivity index (χ4v) is 2.68. The van der Waals surface area contributed by atoms with E-state index < -0.39 is 23.7 Å². The van der Waals surface area contributed by atoms with Gasteiger partial charge in [0.1, 0.15) is 5.82 Å². The van der Waals surface area contributed by atoms with Gasteiger partial charge >= 0.3 is 6.18 Å². The van der Waals surface area contributed by atoms with Gasteiger partial charge in [-0.3, -0.25) is 0 Å². The van der Waals surface area contributed by atoms with Gasteiger partial charge in [0.15, 0.2) is 0 Å². The minimum absolute atomic E-state index is 0.0267. The Labute approximate surface area is 115 Å². The molecule has 0 spiro atoms. The van der Waals surface area contributed by atoms with E-state index in [-0.39, 0.29) is 11.5 Å². The van der Waals surface area contributed by atoms with Crippen molar-refractivity contribution in [3.05, 3.63) is 35.1 Å². The lowest BCUT2D eigenvalue weighted by Gasteiger charge is -2.33. The van der Waals surface area contributed by atoms with Crippen LogP contribution in [0, 0.1) is 11.7 Å². The van der Waals surface area contributed by atoms with E-state index in [4.69, 9.17) is 4.74 Å². The van der Waals surface area contributed by atoms with Gasteiger partial charge in [-0.15, -0.1) is 0 Å². The van der Waals surface area contributed by atoms with Gasteiger partial charge in [0.05, 0.1) is 11.7 Å². The summed E-state index contributed by atoms with van der Waals surface area (Å²) < 4.78 is 57.9. The van der Waals surface area contributed by atoms with Crippen LogP contribution in [0.4, 0.5) is 17.6 Å². The summed E-state index contributed by atoms with van der Waals surface area (Å²) in [5.41, 5.74) is -0.913. The van der Waals surface area contributed by atoms with Crippen molar-refractivity contribution < 1.29 is 22.3 Å². The zero-order valence-corrected chi connectivity index (χ0v) is 11.1. The van der Waals surface area contributed by atoms with Gasteiger partial charge in [-0.25, -0.2) is 4.39 Å². The third kappa shape index (κ3) is 3.30. The third-order valence-corrected chi connectivity index (χ3v) is 3.54. The third-order valence-electron chi connectivity index (χ3n) is 3.54. The van der Waals surface area contributed by atoms with Crippen molar-refractivity contribution >= 4 is 0 Å². The predicted octanol–water partition coefficient (Wildman–Crippen LogP) is 3.53. The normalized spacial score (nSPS) is 23.9. The van der Waals surface area contributed by atoms with Gasteiger partial charge < -0.3 is 10.1 Å². The van der Waals surface area contributed by atoms with E-state index in [2.05, 4.69) is 5.32 Å². The molecule has 0 bridgehead atoms. The van der Waals surface area contributed by atoms with Crippen molar-refractivity contribution in [1.29, 1.82) is 0 Å². The van der Waals surface area contributed by atoms with Crippen molar-refractivity contribution in [3.63, 3.8) is 0 Å². The van der Waals surface area contributed by atoms with Crippen molar-refractivity contribution in [2.24, 2.45) is 5.92 Å². The summed E-state index contributed by atoms with van der Waals surface area (Å²) in [7, 11) is 1.75. The van der Waals surface area contributed by atoms with Crippen LogP contribution >= 0.6 is 0 Å². The van der Waals surface area contributed by atoms with E-state index >= 15 is 0 Å². The number of hydrogen-bond acceptors (Lipinski definition) is 2. The van der Waals surface area contributed by atoms with Crippen molar-refractivity contribution in [1.82, 2.24) is 5.32 Å². The SMILES string of the molecule is CNCC1CCCOC1c1ccc(F)cc1C(F)(F)F. The Morgan fingerprint density at radius 1 is 1.35 bits per heavy atom. The molecule has 1 fully saturated rings. The standard InChI is InChI=1S/C14H17F4NO/c1-19-8-9-3-2-6-20-13(9)11-5-4-10(15)7-12(11)14(16,17)18/h4-5,7,9,13,19H,2-3,6,8H2,1H3. The molecule has 2 rings (SSSR count). The highest BCUT2D eigenvalue weighted by molar-refractivity contribution is 5.33. The molecule has 0 saturated carbocycles. The molecule has 1 heterocycles. The van der Waals surface area contributed by atoms with E-state index in [0.717, 1.165) is 18.9 Å². The quantitative estimate of drug-likeness (QED) is 0.860. The lowest BCUT2D eigenvalue weighted by atomic mass is 9.87. The second-order valence-corrected chi connectivity index (χ2v) is 4.98. The van der Waals surface area contributed by atoms with Gasteiger partial charge in [-0.1, -0.05) is 6.07 Å². The molecule has 20 heavy (non-hydrogen) atoms. The Kier molecular flexibility index (Phi) is 4.65. The second kappa shape index (κ2) is 6.10. The summed E-state index contributed by atoms with van der Waals surface area (Å²) in [6.45, 7) is 0.999. The van der Waals surface area contributed by atoms with Crippen LogP contribution < -0.4 is 5.32 Å². The lowest BCUT2D eigenvalue weighted by Crippen LogP contribution is -2.31. The highest BCUT2D eigenvalue weighted by Crippen LogP contribution is 2.41. The molecule has 2 atom stereocenters. The molecule has 1 saturated heterocycles. The maximum absolute atomic E-state index is 13.1. The van der Waals surface area contributed by atoms with E-state index in [0.29, 0.717) is 19.2 Å². The Morgan fingerprint density at radius 3 is 2.75 bits per heavy atom. The predicted molar refractivity (Wildman–Crippen MR) is 66.7 cm³/mol. The van der Waals surface area contributed by atoms with Gasteiger partial charge in [-0.2, -0.15) is 13.2 Å². The fourth-order valence-electron chi connectivity index (χ4n) is 2.68. The van der Waals surface area contributed by atoms with E-state index in [1.165, 1.54) is 6.07 Å². The van der Waals surface area contributed by atoms with Crippen LogP contribution in [0.15, 0.2) is 18.2 Å². The van der Waals surface area contributed by atoms with Crippen LogP contribution in [0.5, 0.6) is 0 Å². The largest absolute Gasteiger partial charge is 0.416 e. The van der Waals surface area contributed by atoms with Crippen LogP contribution in [-0.4, -0.2) is 20.2 Å². The van der Waals surface area contributed by atoms with Crippen LogP contribution in [0.25, 0.3) is 0 Å². The molecule has 1 aromatic rings. The molecule has 0 aliphatic carbocycles. The molecule has 2 unspecified atom stereocenters. The first-order valence-electron chi connectivity index (χ1n) is 6.56. The molecule has 2 nitrogen and oxygen atoms in total. The summed E-state index contributed by atoms with van der Waals surface area (Å²) in [5.74, 6) is -0.928. The first-order chi connectivity index (χ1) is 9.43. The van der Waals surface area contributed by atoms with Crippen LogP contribution in [0.3, 0.4) is 0 Å². The molecule has 1 aliphatic heterocycles. The summed E-state index contributed by atoms with van der Waals surface area (Å²) in [6, 6.07) is 2.79. The Morgan fingerprint density at radius 2 is 2.10 bits per heavy atom. The Bertz CT molecular complexity index is 459. The fraction of sp³-hybridized carbons (Fsp3) is 0.571. The maximum Gasteiger partial charge on any atom is 0.416 e. The van der Waals surface area contributed by atoms with Crippen molar-refractivity contribution in [2.45, 2.75) is 25.1 Å². The topological polar surface area (TPSA) is 21.3 Å². The molecule has 1 aromatic carbocycles.